The van der Waals surface area contributed by atoms with Gasteiger partial charge in [-0.05, 0) is 58.1 Å². The number of nitrogens with zero attached hydrogens (tertiary/aromatic N) is 1. The van der Waals surface area contributed by atoms with E-state index >= 15 is 0 Å². The Morgan fingerprint density at radius 3 is 2.22 bits per heavy atom. The van der Waals surface area contributed by atoms with E-state index in [0.29, 0.717) is 18.5 Å². The average molecular weight is 520 g/mol. The van der Waals surface area contributed by atoms with Crippen LogP contribution >= 0.6 is 0 Å². The molecular weight excluding hydrogens is 474 g/mol. The molecule has 0 aliphatic rings. The number of hydrogen-bond donors (Lipinski definition) is 2. The summed E-state index contributed by atoms with van der Waals surface area (Å²) in [6.45, 7) is 14.8. The molecule has 0 bridgehead atoms. The van der Waals surface area contributed by atoms with Gasteiger partial charge in [-0.2, -0.15) is 0 Å². The lowest BCUT2D eigenvalue weighted by Crippen LogP contribution is -2.55. The number of amides is 3. The van der Waals surface area contributed by atoms with Gasteiger partial charge in [0.25, 0.3) is 0 Å². The number of esters is 1. The Kier molecular flexibility index (Phi) is 12.6. The Balaban J connectivity index is 3.52. The molecule has 0 aromatic heterocycles. The zero-order chi connectivity index (χ0) is 28.3. The van der Waals surface area contributed by atoms with Crippen LogP contribution in [0.1, 0.15) is 83.5 Å². The Bertz CT molecular complexity index is 938. The van der Waals surface area contributed by atoms with Crippen molar-refractivity contribution in [1.29, 1.82) is 0 Å². The van der Waals surface area contributed by atoms with E-state index in [1.165, 1.54) is 12.0 Å². The van der Waals surface area contributed by atoms with E-state index < -0.39 is 41.6 Å². The van der Waals surface area contributed by atoms with Gasteiger partial charge in [-0.3, -0.25) is 14.4 Å². The Labute approximate surface area is 221 Å². The van der Waals surface area contributed by atoms with Gasteiger partial charge in [0.05, 0.1) is 7.11 Å². The fraction of sp³-hybridized carbons (Fsp3) is 0.643. The molecule has 1 aromatic carbocycles. The van der Waals surface area contributed by atoms with Crippen LogP contribution in [0.2, 0.25) is 0 Å². The first kappa shape index (κ1) is 31.9. The molecule has 0 heterocycles. The van der Waals surface area contributed by atoms with Gasteiger partial charge in [0.2, 0.25) is 11.8 Å². The van der Waals surface area contributed by atoms with Crippen LogP contribution in [-0.4, -0.2) is 60.6 Å². The topological polar surface area (TPSA) is 114 Å². The summed E-state index contributed by atoms with van der Waals surface area (Å²) in [4.78, 5) is 53.5. The summed E-state index contributed by atoms with van der Waals surface area (Å²) in [5, 5.41) is 5.33. The van der Waals surface area contributed by atoms with E-state index in [0.717, 1.165) is 24.0 Å². The van der Waals surface area contributed by atoms with Gasteiger partial charge in [-0.15, -0.1) is 0 Å². The first-order valence-corrected chi connectivity index (χ1v) is 12.9. The van der Waals surface area contributed by atoms with Gasteiger partial charge in [-0.1, -0.05) is 57.4 Å². The van der Waals surface area contributed by atoms with Gasteiger partial charge >= 0.3 is 12.1 Å². The molecule has 0 radical (unpaired) electrons. The largest absolute Gasteiger partial charge is 0.468 e. The van der Waals surface area contributed by atoms with Crippen molar-refractivity contribution >= 4 is 23.9 Å². The van der Waals surface area contributed by atoms with E-state index in [1.807, 2.05) is 45.9 Å². The van der Waals surface area contributed by atoms with Crippen LogP contribution in [0.5, 0.6) is 0 Å². The van der Waals surface area contributed by atoms with Crippen molar-refractivity contribution < 1.29 is 28.7 Å². The number of ether oxygens (including phenoxy) is 2. The lowest BCUT2D eigenvalue weighted by atomic mass is 9.94. The number of nitrogens with one attached hydrogen (secondary N) is 2. The maximum atomic E-state index is 14.1. The predicted octanol–water partition coefficient (Wildman–Crippen LogP) is 4.20. The molecule has 2 N–H and O–H groups in total. The van der Waals surface area contributed by atoms with Crippen LogP contribution in [0.25, 0.3) is 0 Å². The maximum absolute atomic E-state index is 14.1. The predicted molar refractivity (Wildman–Crippen MR) is 143 cm³/mol. The van der Waals surface area contributed by atoms with Crippen molar-refractivity contribution in [3.8, 4) is 0 Å². The number of unbranched alkanes of at least 4 members (excludes halogenated alkanes) is 2. The average Bonchev–Trinajstić information content (AvgIpc) is 2.79. The fourth-order valence-electron chi connectivity index (χ4n) is 3.94. The molecule has 0 spiro atoms. The minimum absolute atomic E-state index is 0.272. The van der Waals surface area contributed by atoms with Gasteiger partial charge in [-0.25, -0.2) is 4.79 Å². The number of aryl methyl sites for hydroxylation is 2. The van der Waals surface area contributed by atoms with E-state index in [4.69, 9.17) is 4.74 Å². The van der Waals surface area contributed by atoms with E-state index in [9.17, 15) is 19.2 Å². The molecule has 9 nitrogen and oxygen atoms in total. The second-order valence-electron chi connectivity index (χ2n) is 10.7. The summed E-state index contributed by atoms with van der Waals surface area (Å²) < 4.78 is 10.1. The summed E-state index contributed by atoms with van der Waals surface area (Å²) in [5.74, 6) is -1.76. The highest BCUT2D eigenvalue weighted by Crippen LogP contribution is 2.28. The molecule has 208 valence electrons. The minimum Gasteiger partial charge on any atom is -0.468 e. The Morgan fingerprint density at radius 2 is 1.70 bits per heavy atom. The summed E-state index contributed by atoms with van der Waals surface area (Å²) in [6, 6.07) is 3.74. The fourth-order valence-corrected chi connectivity index (χ4v) is 3.94. The van der Waals surface area contributed by atoms with E-state index in [-0.39, 0.29) is 12.5 Å². The molecule has 3 amide bonds. The number of carbonyl (C=O) groups is 4. The highest BCUT2D eigenvalue weighted by molar-refractivity contribution is 5.93. The molecule has 37 heavy (non-hydrogen) atoms. The normalized spacial score (nSPS) is 12.9. The molecule has 9 heteroatoms. The molecule has 1 aromatic rings. The summed E-state index contributed by atoms with van der Waals surface area (Å²) in [5.41, 5.74) is 1.78. The smallest absolute Gasteiger partial charge is 0.408 e. The van der Waals surface area contributed by atoms with E-state index in [1.54, 1.807) is 20.8 Å². The van der Waals surface area contributed by atoms with Gasteiger partial charge < -0.3 is 25.0 Å². The molecular formula is C28H45N3O6. The maximum Gasteiger partial charge on any atom is 0.408 e. The molecule has 0 saturated heterocycles. The third-order valence-corrected chi connectivity index (χ3v) is 5.81. The van der Waals surface area contributed by atoms with Crippen LogP contribution in [-0.2, 0) is 23.9 Å². The van der Waals surface area contributed by atoms with Crippen molar-refractivity contribution in [2.24, 2.45) is 5.92 Å². The number of benzene rings is 1. The lowest BCUT2D eigenvalue weighted by Gasteiger charge is -2.36. The molecule has 0 fully saturated rings. The van der Waals surface area contributed by atoms with Crippen molar-refractivity contribution in [3.05, 3.63) is 34.9 Å². The summed E-state index contributed by atoms with van der Waals surface area (Å²) in [6.07, 6.45) is 1.75. The van der Waals surface area contributed by atoms with Crippen molar-refractivity contribution in [2.45, 2.75) is 92.3 Å². The molecule has 0 saturated carbocycles. The summed E-state index contributed by atoms with van der Waals surface area (Å²) in [7, 11) is 1.24. The quantitative estimate of drug-likeness (QED) is 0.316. The monoisotopic (exact) mass is 519 g/mol. The standard InChI is InChI=1S/C28H45N3O6/c1-10-11-12-15-31(26(34)23(18(2)3)30-27(35)37-28(6,7)8)24(25(33)29-17-22(32)36-9)21-14-13-19(4)16-20(21)5/h13-14,16,18,23-24H,10-12,15,17H2,1-9H3,(H,29,33)(H,30,35). The number of alkyl carbamates (subject to hydrolysis) is 1. The van der Waals surface area contributed by atoms with Crippen molar-refractivity contribution in [2.75, 3.05) is 20.2 Å². The lowest BCUT2D eigenvalue weighted by molar-refractivity contribution is -0.145. The molecule has 1 rings (SSSR count). The Morgan fingerprint density at radius 1 is 1.05 bits per heavy atom. The molecule has 0 aliphatic heterocycles. The highest BCUT2D eigenvalue weighted by atomic mass is 16.6. The minimum atomic E-state index is -1.00. The zero-order valence-electron chi connectivity index (χ0n) is 23.9. The highest BCUT2D eigenvalue weighted by Gasteiger charge is 2.38. The number of rotatable bonds is 12. The molecule has 2 unspecified atom stereocenters. The zero-order valence-corrected chi connectivity index (χ0v) is 23.9. The van der Waals surface area contributed by atoms with Crippen LogP contribution in [0.3, 0.4) is 0 Å². The van der Waals surface area contributed by atoms with Crippen LogP contribution in [0.15, 0.2) is 18.2 Å². The SMILES string of the molecule is CCCCCN(C(=O)C(NC(=O)OC(C)(C)C)C(C)C)C(C(=O)NCC(=O)OC)c1ccc(C)cc1C. The van der Waals surface area contributed by atoms with Crippen LogP contribution in [0, 0.1) is 19.8 Å². The number of methoxy groups -OCH3 is 1. The van der Waals surface area contributed by atoms with Crippen molar-refractivity contribution in [1.82, 2.24) is 15.5 Å². The Hall–Kier alpha value is -3.10. The second kappa shape index (κ2) is 14.6. The van der Waals surface area contributed by atoms with Gasteiger partial charge in [0, 0.05) is 6.54 Å². The number of carbonyl (C=O) groups excluding carboxylic acids is 4. The van der Waals surface area contributed by atoms with Gasteiger partial charge in [0.1, 0.15) is 24.2 Å². The van der Waals surface area contributed by atoms with Gasteiger partial charge in [0.15, 0.2) is 0 Å². The van der Waals surface area contributed by atoms with Crippen LogP contribution < -0.4 is 10.6 Å². The third kappa shape index (κ3) is 10.4. The molecule has 2 atom stereocenters. The second-order valence-corrected chi connectivity index (χ2v) is 10.7. The number of hydrogen-bond acceptors (Lipinski definition) is 6. The first-order valence-electron chi connectivity index (χ1n) is 12.9. The first-order chi connectivity index (χ1) is 17.2. The third-order valence-electron chi connectivity index (χ3n) is 5.81. The van der Waals surface area contributed by atoms with E-state index in [2.05, 4.69) is 22.3 Å². The summed E-state index contributed by atoms with van der Waals surface area (Å²) >= 11 is 0. The molecule has 0 aliphatic carbocycles. The van der Waals surface area contributed by atoms with Crippen molar-refractivity contribution in [3.63, 3.8) is 0 Å². The van der Waals surface area contributed by atoms with Crippen LogP contribution in [0.4, 0.5) is 4.79 Å².